The number of rotatable bonds is 7. The maximum absolute atomic E-state index is 6.52. The Morgan fingerprint density at radius 2 is 1.35 bits per heavy atom. The maximum atomic E-state index is 6.52. The monoisotopic (exact) mass is 448 g/mol. The molecule has 7 heteroatoms. The molecule has 1 aromatic rings. The molecular weight excluding hydrogens is 403 g/mol. The molecule has 2 aliphatic rings. The summed E-state index contributed by atoms with van der Waals surface area (Å²) in [6.07, 6.45) is 4.84. The Labute approximate surface area is 192 Å². The van der Waals surface area contributed by atoms with E-state index < -0.39 is 8.24 Å². The van der Waals surface area contributed by atoms with Crippen LogP contribution in [-0.4, -0.2) is 62.0 Å². The molecule has 3 heterocycles. The zero-order valence-corrected chi connectivity index (χ0v) is 22.6. The summed E-state index contributed by atoms with van der Waals surface area (Å²) in [6, 6.07) is 0. The molecule has 0 atom stereocenters. The van der Waals surface area contributed by atoms with Crippen LogP contribution in [0.5, 0.6) is 0 Å². The van der Waals surface area contributed by atoms with Crippen molar-refractivity contribution in [2.45, 2.75) is 104 Å². The van der Waals surface area contributed by atoms with Crippen LogP contribution in [-0.2, 0) is 20.6 Å². The van der Waals surface area contributed by atoms with Gasteiger partial charge in [-0.1, -0.05) is 41.5 Å². The fourth-order valence-corrected chi connectivity index (χ4v) is 12.5. The summed E-state index contributed by atoms with van der Waals surface area (Å²) >= 11 is 0. The van der Waals surface area contributed by atoms with E-state index in [2.05, 4.69) is 90.8 Å². The minimum absolute atomic E-state index is 0.319. The maximum Gasteiger partial charge on any atom is 0.496 e. The molecule has 2 fully saturated rings. The van der Waals surface area contributed by atoms with Crippen LogP contribution < -0.4 is 5.46 Å². The molecule has 1 aromatic heterocycles. The lowest BCUT2D eigenvalue weighted by Gasteiger charge is -2.44. The molecular formula is C24H45BN2O3Si. The van der Waals surface area contributed by atoms with Gasteiger partial charge in [0.05, 0.1) is 24.4 Å². The molecule has 0 unspecified atom stereocenters. The van der Waals surface area contributed by atoms with Gasteiger partial charge in [0.1, 0.15) is 0 Å². The average molecular weight is 449 g/mol. The van der Waals surface area contributed by atoms with Gasteiger partial charge in [-0.3, -0.25) is 4.90 Å². The highest BCUT2D eigenvalue weighted by molar-refractivity contribution is 6.82. The van der Waals surface area contributed by atoms with Gasteiger partial charge in [0.25, 0.3) is 0 Å². The second kappa shape index (κ2) is 8.98. The third-order valence-corrected chi connectivity index (χ3v) is 14.9. The highest BCUT2D eigenvalue weighted by Crippen LogP contribution is 2.43. The van der Waals surface area contributed by atoms with Crippen LogP contribution in [0.2, 0.25) is 16.6 Å². The van der Waals surface area contributed by atoms with Gasteiger partial charge < -0.3 is 18.3 Å². The predicted molar refractivity (Wildman–Crippen MR) is 133 cm³/mol. The Kier molecular flexibility index (Phi) is 7.25. The van der Waals surface area contributed by atoms with Crippen molar-refractivity contribution in [3.8, 4) is 0 Å². The Balaban J connectivity index is 2.07. The van der Waals surface area contributed by atoms with E-state index in [0.717, 1.165) is 32.8 Å². The van der Waals surface area contributed by atoms with Crippen molar-refractivity contribution in [2.24, 2.45) is 0 Å². The minimum Gasteiger partial charge on any atom is -0.399 e. The van der Waals surface area contributed by atoms with Gasteiger partial charge in [0.15, 0.2) is 8.24 Å². The van der Waals surface area contributed by atoms with Crippen LogP contribution in [0.4, 0.5) is 0 Å². The van der Waals surface area contributed by atoms with E-state index in [1.54, 1.807) is 0 Å². The summed E-state index contributed by atoms with van der Waals surface area (Å²) in [4.78, 5) is 2.50. The number of nitrogens with zero attached hydrogens (tertiary/aromatic N) is 2. The molecule has 0 bridgehead atoms. The first-order valence-electron chi connectivity index (χ1n) is 12.2. The first-order valence-corrected chi connectivity index (χ1v) is 14.4. The van der Waals surface area contributed by atoms with E-state index in [0.29, 0.717) is 16.6 Å². The number of aromatic nitrogens is 1. The highest BCUT2D eigenvalue weighted by atomic mass is 28.3. The van der Waals surface area contributed by atoms with Crippen LogP contribution in [0, 0.1) is 0 Å². The zero-order chi connectivity index (χ0) is 23.2. The van der Waals surface area contributed by atoms with Crippen LogP contribution in [0.15, 0.2) is 12.4 Å². The standard InChI is InChI=1S/C24H45BN2O3Si/c1-18(2)31(19(3)4,20(5)6)27-16-21(15-26-11-13-28-14-12-26)22(17-27)25-29-23(7,8)24(9,10)30-25/h16-20H,11-15H2,1-10H3. The molecule has 0 N–H and O–H groups in total. The van der Waals surface area contributed by atoms with Crippen LogP contribution in [0.3, 0.4) is 0 Å². The predicted octanol–water partition coefficient (Wildman–Crippen LogP) is 4.64. The summed E-state index contributed by atoms with van der Waals surface area (Å²) in [5.74, 6) is 0. The lowest BCUT2D eigenvalue weighted by molar-refractivity contribution is 0.00578. The largest absolute Gasteiger partial charge is 0.496 e. The van der Waals surface area contributed by atoms with Crippen LogP contribution >= 0.6 is 0 Å². The SMILES string of the molecule is CC(C)[Si](C(C)C)(C(C)C)n1cc(CN2CCOCC2)c(B2OC(C)(C)C(C)(C)O2)c1. The molecule has 5 nitrogen and oxygen atoms in total. The van der Waals surface area contributed by atoms with E-state index in [1.165, 1.54) is 11.0 Å². The van der Waals surface area contributed by atoms with E-state index in [9.17, 15) is 0 Å². The molecule has 0 saturated carbocycles. The molecule has 2 aliphatic heterocycles. The second-order valence-corrected chi connectivity index (χ2v) is 17.2. The minimum atomic E-state index is -1.84. The van der Waals surface area contributed by atoms with Gasteiger partial charge in [-0.25, -0.2) is 0 Å². The van der Waals surface area contributed by atoms with Crippen molar-refractivity contribution < 1.29 is 14.0 Å². The van der Waals surface area contributed by atoms with Crippen LogP contribution in [0.25, 0.3) is 0 Å². The number of ether oxygens (including phenoxy) is 1. The zero-order valence-electron chi connectivity index (χ0n) is 21.6. The molecule has 2 saturated heterocycles. The van der Waals surface area contributed by atoms with Crippen molar-refractivity contribution in [2.75, 3.05) is 26.3 Å². The van der Waals surface area contributed by atoms with Crippen molar-refractivity contribution in [1.82, 2.24) is 9.13 Å². The third-order valence-electron chi connectivity index (χ3n) is 8.17. The lowest BCUT2D eigenvalue weighted by Crippen LogP contribution is -2.51. The molecule has 0 spiro atoms. The molecule has 0 aliphatic carbocycles. The van der Waals surface area contributed by atoms with Gasteiger partial charge >= 0.3 is 7.12 Å². The fourth-order valence-electron chi connectivity index (χ4n) is 5.95. The summed E-state index contributed by atoms with van der Waals surface area (Å²) in [6.45, 7) is 27.6. The first kappa shape index (κ1) is 25.0. The molecule has 0 radical (unpaired) electrons. The molecule has 31 heavy (non-hydrogen) atoms. The molecule has 0 aromatic carbocycles. The van der Waals surface area contributed by atoms with Crippen molar-refractivity contribution in [3.63, 3.8) is 0 Å². The molecule has 176 valence electrons. The van der Waals surface area contributed by atoms with E-state index in [1.807, 2.05) is 0 Å². The molecule has 0 amide bonds. The Morgan fingerprint density at radius 1 is 0.871 bits per heavy atom. The topological polar surface area (TPSA) is 35.9 Å². The molecule has 3 rings (SSSR count). The first-order chi connectivity index (χ1) is 14.3. The van der Waals surface area contributed by atoms with E-state index in [-0.39, 0.29) is 18.3 Å². The van der Waals surface area contributed by atoms with Crippen molar-refractivity contribution in [1.29, 1.82) is 0 Å². The summed E-state index contributed by atoms with van der Waals surface area (Å²) < 4.78 is 21.3. The summed E-state index contributed by atoms with van der Waals surface area (Å²) in [5.41, 5.74) is 3.81. The van der Waals surface area contributed by atoms with E-state index in [4.69, 9.17) is 14.0 Å². The van der Waals surface area contributed by atoms with E-state index >= 15 is 0 Å². The lowest BCUT2D eigenvalue weighted by atomic mass is 9.78. The Morgan fingerprint density at radius 3 is 1.81 bits per heavy atom. The van der Waals surface area contributed by atoms with Gasteiger partial charge in [0, 0.05) is 25.1 Å². The number of hydrogen-bond acceptors (Lipinski definition) is 4. The summed E-state index contributed by atoms with van der Waals surface area (Å²) in [7, 11) is -2.16. The number of morpholine rings is 1. The van der Waals surface area contributed by atoms with Gasteiger partial charge in [-0.2, -0.15) is 0 Å². The normalized spacial score (nSPS) is 22.3. The fraction of sp³-hybridized carbons (Fsp3) is 0.833. The second-order valence-electron chi connectivity index (χ2n) is 11.5. The van der Waals surface area contributed by atoms with Gasteiger partial charge in [-0.15, -0.1) is 0 Å². The highest BCUT2D eigenvalue weighted by Gasteiger charge is 2.53. The van der Waals surface area contributed by atoms with Gasteiger partial charge in [0.2, 0.25) is 0 Å². The van der Waals surface area contributed by atoms with Crippen molar-refractivity contribution >= 4 is 20.8 Å². The van der Waals surface area contributed by atoms with Crippen molar-refractivity contribution in [3.05, 3.63) is 18.0 Å². The Bertz CT molecular complexity index is 716. The number of hydrogen-bond donors (Lipinski definition) is 0. The summed E-state index contributed by atoms with van der Waals surface area (Å²) in [5, 5.41) is 0. The quantitative estimate of drug-likeness (QED) is 0.570. The smallest absolute Gasteiger partial charge is 0.399 e. The Hall–Kier alpha value is -0.598. The van der Waals surface area contributed by atoms with Gasteiger partial charge in [-0.05, 0) is 62.3 Å². The van der Waals surface area contributed by atoms with Crippen LogP contribution in [0.1, 0.15) is 74.8 Å². The average Bonchev–Trinajstić information content (AvgIpc) is 3.13. The third kappa shape index (κ3) is 4.45.